The lowest BCUT2D eigenvalue weighted by atomic mass is 9.98. The Morgan fingerprint density at radius 3 is 2.62 bits per heavy atom. The largest absolute Gasteiger partial charge is 0.486 e. The molecule has 2 aromatic rings. The first-order chi connectivity index (χ1) is 9.99. The summed E-state index contributed by atoms with van der Waals surface area (Å²) in [5, 5.41) is 13.1. The van der Waals surface area contributed by atoms with Gasteiger partial charge in [0.15, 0.2) is 17.2 Å². The van der Waals surface area contributed by atoms with Crippen LogP contribution in [0.5, 0.6) is 11.5 Å². The molecule has 0 atom stereocenters. The number of fused-ring (bicyclic) bond motifs is 1. The minimum Gasteiger partial charge on any atom is -0.486 e. The van der Waals surface area contributed by atoms with Crippen LogP contribution < -0.4 is 9.47 Å². The van der Waals surface area contributed by atoms with Crippen molar-refractivity contribution in [2.75, 3.05) is 13.2 Å². The van der Waals surface area contributed by atoms with Crippen molar-refractivity contribution in [3.63, 3.8) is 0 Å². The highest BCUT2D eigenvalue weighted by Gasteiger charge is 2.21. The number of aryl methyl sites for hydroxylation is 1. The van der Waals surface area contributed by atoms with Gasteiger partial charge < -0.3 is 14.6 Å². The molecule has 110 valence electrons. The molecule has 1 N–H and O–H groups in total. The molecule has 1 aromatic carbocycles. The predicted octanol–water partition coefficient (Wildman–Crippen LogP) is 2.17. The van der Waals surface area contributed by atoms with Gasteiger partial charge in [0.2, 0.25) is 0 Å². The van der Waals surface area contributed by atoms with Gasteiger partial charge in [-0.25, -0.2) is 4.79 Å². The van der Waals surface area contributed by atoms with Gasteiger partial charge in [-0.3, -0.25) is 4.68 Å². The lowest BCUT2D eigenvalue weighted by molar-refractivity contribution is 0.0689. The second kappa shape index (κ2) is 4.80. The molecule has 0 unspecified atom stereocenters. The summed E-state index contributed by atoms with van der Waals surface area (Å²) in [6.45, 7) is 5.01. The average molecular weight is 288 g/mol. The van der Waals surface area contributed by atoms with E-state index in [9.17, 15) is 4.79 Å². The third kappa shape index (κ3) is 2.12. The molecule has 0 bridgehead atoms. The molecule has 0 saturated carbocycles. The van der Waals surface area contributed by atoms with Crippen molar-refractivity contribution in [2.45, 2.75) is 13.8 Å². The van der Waals surface area contributed by atoms with Crippen molar-refractivity contribution in [1.82, 2.24) is 9.78 Å². The Hall–Kier alpha value is -2.50. The Labute approximate surface area is 121 Å². The second-order valence-corrected chi connectivity index (χ2v) is 5.04. The molecule has 1 aromatic heterocycles. The number of hydrogen-bond donors (Lipinski definition) is 1. The van der Waals surface area contributed by atoms with Crippen molar-refractivity contribution in [1.29, 1.82) is 0 Å². The number of hydrogen-bond acceptors (Lipinski definition) is 4. The van der Waals surface area contributed by atoms with E-state index in [1.54, 1.807) is 17.8 Å². The lowest BCUT2D eigenvalue weighted by Crippen LogP contribution is -2.16. The van der Waals surface area contributed by atoms with Gasteiger partial charge in [-0.2, -0.15) is 5.10 Å². The highest BCUT2D eigenvalue weighted by molar-refractivity contribution is 5.87. The molecule has 21 heavy (non-hydrogen) atoms. The minimum absolute atomic E-state index is 0.0273. The standard InChI is InChI=1S/C15H16N2O4/c1-8-9(2)14-13(20-4-5-21-14)6-10(8)12-7-11(15(18)19)16-17(12)3/h6-7H,4-5H2,1-3H3,(H,18,19). The van der Waals surface area contributed by atoms with E-state index in [1.165, 1.54) is 0 Å². The van der Waals surface area contributed by atoms with E-state index in [0.29, 0.717) is 19.0 Å². The van der Waals surface area contributed by atoms with E-state index in [2.05, 4.69) is 5.10 Å². The summed E-state index contributed by atoms with van der Waals surface area (Å²) in [5.74, 6) is 0.421. The molecule has 2 heterocycles. The molecule has 1 aliphatic rings. The molecule has 0 aliphatic carbocycles. The van der Waals surface area contributed by atoms with Crippen molar-refractivity contribution in [3.05, 3.63) is 29.0 Å². The third-order valence-electron chi connectivity index (χ3n) is 3.77. The van der Waals surface area contributed by atoms with Crippen molar-refractivity contribution in [2.24, 2.45) is 7.05 Å². The lowest BCUT2D eigenvalue weighted by Gasteiger charge is -2.23. The number of benzene rings is 1. The first kappa shape index (κ1) is 13.5. The highest BCUT2D eigenvalue weighted by atomic mass is 16.6. The van der Waals surface area contributed by atoms with Crippen LogP contribution in [0.4, 0.5) is 0 Å². The summed E-state index contributed by atoms with van der Waals surface area (Å²) in [7, 11) is 1.73. The van der Waals surface area contributed by atoms with E-state index < -0.39 is 5.97 Å². The number of carboxylic acid groups (broad SMARTS) is 1. The topological polar surface area (TPSA) is 73.6 Å². The molecular weight excluding hydrogens is 272 g/mol. The summed E-state index contributed by atoms with van der Waals surface area (Å²) < 4.78 is 12.9. The molecule has 6 heteroatoms. The van der Waals surface area contributed by atoms with Crippen LogP contribution in [0.1, 0.15) is 21.6 Å². The molecule has 6 nitrogen and oxygen atoms in total. The zero-order chi connectivity index (χ0) is 15.1. The minimum atomic E-state index is -1.04. The summed E-state index contributed by atoms with van der Waals surface area (Å²) in [6, 6.07) is 3.46. The van der Waals surface area contributed by atoms with Crippen LogP contribution in [-0.4, -0.2) is 34.1 Å². The fourth-order valence-electron chi connectivity index (χ4n) is 2.53. The van der Waals surface area contributed by atoms with Gasteiger partial charge in [-0.15, -0.1) is 0 Å². The number of aromatic carboxylic acids is 1. The summed E-state index contributed by atoms with van der Waals surface area (Å²) in [6.07, 6.45) is 0. The number of ether oxygens (including phenoxy) is 2. The van der Waals surface area contributed by atoms with Gasteiger partial charge in [0.05, 0.1) is 5.69 Å². The highest BCUT2D eigenvalue weighted by Crippen LogP contribution is 2.40. The molecule has 0 fully saturated rings. The Balaban J connectivity index is 2.19. The van der Waals surface area contributed by atoms with Crippen LogP contribution in [0.25, 0.3) is 11.3 Å². The molecule has 0 spiro atoms. The van der Waals surface area contributed by atoms with Gasteiger partial charge in [0.25, 0.3) is 0 Å². The van der Waals surface area contributed by atoms with Crippen molar-refractivity contribution >= 4 is 5.97 Å². The van der Waals surface area contributed by atoms with Gasteiger partial charge in [-0.1, -0.05) is 0 Å². The first-order valence-corrected chi connectivity index (χ1v) is 6.66. The van der Waals surface area contributed by atoms with E-state index >= 15 is 0 Å². The maximum absolute atomic E-state index is 11.1. The average Bonchev–Trinajstić information content (AvgIpc) is 2.85. The summed E-state index contributed by atoms with van der Waals surface area (Å²) in [5.41, 5.74) is 3.70. The number of carbonyl (C=O) groups is 1. The van der Waals surface area contributed by atoms with Crippen molar-refractivity contribution in [3.8, 4) is 22.8 Å². The fourth-order valence-corrected chi connectivity index (χ4v) is 2.53. The second-order valence-electron chi connectivity index (χ2n) is 5.04. The Morgan fingerprint density at radius 2 is 1.95 bits per heavy atom. The van der Waals surface area contributed by atoms with Crippen LogP contribution in [0.3, 0.4) is 0 Å². The predicted molar refractivity (Wildman–Crippen MR) is 76.1 cm³/mol. The number of nitrogens with zero attached hydrogens (tertiary/aromatic N) is 2. The maximum Gasteiger partial charge on any atom is 0.356 e. The molecular formula is C15H16N2O4. The maximum atomic E-state index is 11.1. The normalized spacial score (nSPS) is 13.3. The van der Waals surface area contributed by atoms with Gasteiger partial charge in [-0.05, 0) is 37.1 Å². The van der Waals surface area contributed by atoms with Crippen LogP contribution >= 0.6 is 0 Å². The molecule has 3 rings (SSSR count). The van der Waals surface area contributed by atoms with E-state index in [-0.39, 0.29) is 5.69 Å². The SMILES string of the molecule is Cc1c(-c2cc(C(=O)O)nn2C)cc2c(c1C)OCCO2. The Morgan fingerprint density at radius 1 is 1.24 bits per heavy atom. The Bertz CT molecular complexity index is 734. The van der Waals surface area contributed by atoms with Crippen LogP contribution in [0, 0.1) is 13.8 Å². The summed E-state index contributed by atoms with van der Waals surface area (Å²) in [4.78, 5) is 11.1. The van der Waals surface area contributed by atoms with E-state index in [0.717, 1.165) is 28.1 Å². The molecule has 0 radical (unpaired) electrons. The Kier molecular flexibility index (Phi) is 3.08. The zero-order valence-electron chi connectivity index (χ0n) is 12.1. The van der Waals surface area contributed by atoms with E-state index in [1.807, 2.05) is 19.9 Å². The van der Waals surface area contributed by atoms with Gasteiger partial charge in [0, 0.05) is 12.6 Å². The number of aromatic nitrogens is 2. The van der Waals surface area contributed by atoms with Gasteiger partial charge in [0.1, 0.15) is 13.2 Å². The molecule has 0 amide bonds. The number of rotatable bonds is 2. The van der Waals surface area contributed by atoms with Crippen molar-refractivity contribution < 1.29 is 19.4 Å². The van der Waals surface area contributed by atoms with Crippen LogP contribution in [-0.2, 0) is 7.05 Å². The number of carboxylic acids is 1. The zero-order valence-corrected chi connectivity index (χ0v) is 12.1. The van der Waals surface area contributed by atoms with E-state index in [4.69, 9.17) is 14.6 Å². The summed E-state index contributed by atoms with van der Waals surface area (Å²) >= 11 is 0. The first-order valence-electron chi connectivity index (χ1n) is 6.66. The van der Waals surface area contributed by atoms with Crippen LogP contribution in [0.2, 0.25) is 0 Å². The smallest absolute Gasteiger partial charge is 0.356 e. The molecule has 0 saturated heterocycles. The quantitative estimate of drug-likeness (QED) is 0.916. The van der Waals surface area contributed by atoms with Crippen LogP contribution in [0.15, 0.2) is 12.1 Å². The molecule has 1 aliphatic heterocycles. The monoisotopic (exact) mass is 288 g/mol. The van der Waals surface area contributed by atoms with Gasteiger partial charge >= 0.3 is 5.97 Å². The third-order valence-corrected chi connectivity index (χ3v) is 3.77. The fraction of sp³-hybridized carbons (Fsp3) is 0.333.